The van der Waals surface area contributed by atoms with E-state index in [4.69, 9.17) is 26.0 Å². The van der Waals surface area contributed by atoms with E-state index in [9.17, 15) is 12.8 Å². The molecule has 2 N–H and O–H groups in total. The molecule has 1 saturated heterocycles. The molecule has 3 heterocycles. The Morgan fingerprint density at radius 3 is 2.33 bits per heavy atom. The molecule has 0 aromatic carbocycles. The molecule has 27 heavy (non-hydrogen) atoms. The molecule has 0 atom stereocenters. The number of sulfonamides is 1. The van der Waals surface area contributed by atoms with Crippen LogP contribution in [0.25, 0.3) is 11.1 Å². The first kappa shape index (κ1) is 20.2. The largest absolute Gasteiger partial charge is 0.496 e. The molecular weight excluding hydrogens is 396 g/mol. The van der Waals surface area contributed by atoms with Gasteiger partial charge in [-0.3, -0.25) is 0 Å². The van der Waals surface area contributed by atoms with Crippen molar-refractivity contribution in [3.63, 3.8) is 0 Å². The molecule has 1 aliphatic rings. The minimum atomic E-state index is -4.22. The average molecular weight is 414 g/mol. The second-order valence-electron chi connectivity index (χ2n) is 7.22. The number of hydrogen-bond donors (Lipinski definition) is 1. The monoisotopic (exact) mass is 413 g/mol. The maximum absolute atomic E-state index is 14.4. The van der Waals surface area contributed by atoms with Crippen molar-refractivity contribution in [3.05, 3.63) is 35.6 Å². The van der Waals surface area contributed by atoms with E-state index in [0.29, 0.717) is 5.46 Å². The summed E-state index contributed by atoms with van der Waals surface area (Å²) in [5.41, 5.74) is -1.06. The molecule has 1 fully saturated rings. The molecular formula is C16H18BClFN3O4S. The van der Waals surface area contributed by atoms with Crippen LogP contribution >= 0.6 is 11.6 Å². The number of pyridine rings is 2. The van der Waals surface area contributed by atoms with Gasteiger partial charge in [-0.05, 0) is 39.8 Å². The van der Waals surface area contributed by atoms with Gasteiger partial charge in [0.15, 0.2) is 0 Å². The van der Waals surface area contributed by atoms with E-state index in [1.165, 1.54) is 12.3 Å². The van der Waals surface area contributed by atoms with Crippen LogP contribution in [0.4, 0.5) is 4.39 Å². The Morgan fingerprint density at radius 1 is 1.19 bits per heavy atom. The van der Waals surface area contributed by atoms with Gasteiger partial charge in [0, 0.05) is 23.4 Å². The maximum Gasteiger partial charge on any atom is 0.496 e. The van der Waals surface area contributed by atoms with Gasteiger partial charge in [-0.2, -0.15) is 4.39 Å². The lowest BCUT2D eigenvalue weighted by Gasteiger charge is -2.32. The van der Waals surface area contributed by atoms with Crippen LogP contribution in [0.3, 0.4) is 0 Å². The van der Waals surface area contributed by atoms with E-state index < -0.39 is 39.2 Å². The highest BCUT2D eigenvalue weighted by molar-refractivity contribution is 7.89. The van der Waals surface area contributed by atoms with Crippen molar-refractivity contribution < 1.29 is 22.1 Å². The first-order chi connectivity index (χ1) is 12.3. The van der Waals surface area contributed by atoms with Crippen LogP contribution in [0, 0.1) is 5.95 Å². The Bertz CT molecular complexity index is 1000. The highest BCUT2D eigenvalue weighted by Crippen LogP contribution is 2.37. The molecule has 0 aliphatic carbocycles. The summed E-state index contributed by atoms with van der Waals surface area (Å²) in [5, 5.41) is 5.11. The van der Waals surface area contributed by atoms with Crippen LogP contribution in [0.5, 0.6) is 0 Å². The summed E-state index contributed by atoms with van der Waals surface area (Å²) in [6.45, 7) is 7.54. The number of aromatic nitrogens is 2. The first-order valence-corrected chi connectivity index (χ1v) is 9.95. The molecule has 0 amide bonds. The number of halogens is 2. The molecule has 0 bridgehead atoms. The lowest BCUT2D eigenvalue weighted by molar-refractivity contribution is 0.00578. The van der Waals surface area contributed by atoms with Crippen molar-refractivity contribution in [1.82, 2.24) is 9.97 Å². The van der Waals surface area contributed by atoms with Crippen LogP contribution in [-0.2, 0) is 19.3 Å². The summed E-state index contributed by atoms with van der Waals surface area (Å²) >= 11 is 6.12. The van der Waals surface area contributed by atoms with Crippen LogP contribution in [-0.4, -0.2) is 36.7 Å². The van der Waals surface area contributed by atoms with E-state index in [0.717, 1.165) is 12.3 Å². The van der Waals surface area contributed by atoms with Gasteiger partial charge in [-0.1, -0.05) is 11.6 Å². The van der Waals surface area contributed by atoms with Gasteiger partial charge in [0.05, 0.1) is 21.7 Å². The van der Waals surface area contributed by atoms with Crippen LogP contribution in [0.1, 0.15) is 27.7 Å². The van der Waals surface area contributed by atoms with Crippen molar-refractivity contribution >= 4 is 34.2 Å². The van der Waals surface area contributed by atoms with Crippen molar-refractivity contribution in [2.45, 2.75) is 43.8 Å². The number of hydrogen-bond acceptors (Lipinski definition) is 6. The average Bonchev–Trinajstić information content (AvgIpc) is 2.75. The van der Waals surface area contributed by atoms with Crippen molar-refractivity contribution in [2.24, 2.45) is 5.14 Å². The third-order valence-corrected chi connectivity index (χ3v) is 6.08. The fraction of sp³-hybridized carbons (Fsp3) is 0.375. The van der Waals surface area contributed by atoms with Crippen molar-refractivity contribution in [2.75, 3.05) is 0 Å². The summed E-state index contributed by atoms with van der Waals surface area (Å²) in [7, 11) is -5.00. The normalized spacial score (nSPS) is 18.7. The zero-order valence-electron chi connectivity index (χ0n) is 15.2. The standard InChI is InChI=1S/C16H18BClFN3O4S/c1-15(2)16(3,4)26-17(25-15)9-7-10(13(18)22-8-9)12-11(27(20,23)24)5-6-21-14(12)19/h5-8H,1-4H3,(H2,20,23,24). The van der Waals surface area contributed by atoms with E-state index in [-0.39, 0.29) is 16.3 Å². The number of nitrogens with two attached hydrogens (primary N) is 1. The molecule has 0 radical (unpaired) electrons. The molecule has 2 aromatic rings. The van der Waals surface area contributed by atoms with Crippen LogP contribution in [0.15, 0.2) is 29.4 Å². The van der Waals surface area contributed by atoms with Crippen molar-refractivity contribution in [3.8, 4) is 11.1 Å². The van der Waals surface area contributed by atoms with E-state index in [1.807, 2.05) is 27.7 Å². The summed E-state index contributed by atoms with van der Waals surface area (Å²) < 4.78 is 50.1. The molecule has 0 spiro atoms. The van der Waals surface area contributed by atoms with Gasteiger partial charge < -0.3 is 9.31 Å². The van der Waals surface area contributed by atoms with Gasteiger partial charge in [0.2, 0.25) is 16.0 Å². The third kappa shape index (κ3) is 3.59. The van der Waals surface area contributed by atoms with Gasteiger partial charge in [0.1, 0.15) is 5.15 Å². The predicted octanol–water partition coefficient (Wildman–Crippen LogP) is 1.88. The fourth-order valence-electron chi connectivity index (χ4n) is 2.65. The van der Waals surface area contributed by atoms with Gasteiger partial charge >= 0.3 is 7.12 Å². The van der Waals surface area contributed by atoms with Gasteiger partial charge in [-0.15, -0.1) is 0 Å². The molecule has 0 saturated carbocycles. The summed E-state index contributed by atoms with van der Waals surface area (Å²) in [4.78, 5) is 7.10. The zero-order chi connectivity index (χ0) is 20.2. The Hall–Kier alpha value is -1.59. The summed E-state index contributed by atoms with van der Waals surface area (Å²) in [6.07, 6.45) is 2.44. The molecule has 3 rings (SSSR count). The zero-order valence-corrected chi connectivity index (χ0v) is 16.7. The Morgan fingerprint density at radius 2 is 1.78 bits per heavy atom. The highest BCUT2D eigenvalue weighted by atomic mass is 35.5. The molecule has 0 unspecified atom stereocenters. The van der Waals surface area contributed by atoms with E-state index in [1.54, 1.807) is 0 Å². The molecule has 1 aliphatic heterocycles. The third-order valence-electron chi connectivity index (χ3n) is 4.83. The second-order valence-corrected chi connectivity index (χ2v) is 9.10. The lowest BCUT2D eigenvalue weighted by atomic mass is 9.79. The SMILES string of the molecule is CC1(C)OB(c2cnc(Cl)c(-c3c(S(N)(=O)=O)ccnc3F)c2)OC1(C)C. The fourth-order valence-corrected chi connectivity index (χ4v) is 3.58. The van der Waals surface area contributed by atoms with Crippen LogP contribution < -0.4 is 10.6 Å². The summed E-state index contributed by atoms with van der Waals surface area (Å²) in [6, 6.07) is 2.57. The molecule has 144 valence electrons. The maximum atomic E-state index is 14.4. The number of primary sulfonamides is 1. The lowest BCUT2D eigenvalue weighted by Crippen LogP contribution is -2.41. The predicted molar refractivity (Wildman–Crippen MR) is 99.5 cm³/mol. The molecule has 11 heteroatoms. The number of nitrogens with zero attached hydrogens (tertiary/aromatic N) is 2. The Labute approximate surface area is 162 Å². The van der Waals surface area contributed by atoms with Crippen molar-refractivity contribution in [1.29, 1.82) is 0 Å². The first-order valence-electron chi connectivity index (χ1n) is 8.02. The Balaban J connectivity index is 2.15. The van der Waals surface area contributed by atoms with E-state index in [2.05, 4.69) is 9.97 Å². The highest BCUT2D eigenvalue weighted by Gasteiger charge is 2.52. The second kappa shape index (κ2) is 6.49. The minimum Gasteiger partial charge on any atom is -0.399 e. The van der Waals surface area contributed by atoms with Gasteiger partial charge in [-0.25, -0.2) is 23.5 Å². The Kier molecular flexibility index (Phi) is 4.85. The van der Waals surface area contributed by atoms with E-state index >= 15 is 0 Å². The van der Waals surface area contributed by atoms with Gasteiger partial charge in [0.25, 0.3) is 0 Å². The smallest absolute Gasteiger partial charge is 0.399 e. The molecule has 7 nitrogen and oxygen atoms in total. The quantitative estimate of drug-likeness (QED) is 0.608. The number of rotatable bonds is 3. The van der Waals surface area contributed by atoms with Crippen LogP contribution in [0.2, 0.25) is 5.15 Å². The minimum absolute atomic E-state index is 0.0264. The topological polar surface area (TPSA) is 104 Å². The molecule has 2 aromatic heterocycles. The summed E-state index contributed by atoms with van der Waals surface area (Å²) in [5.74, 6) is -1.03.